The molecule has 1 aromatic rings. The van der Waals surface area contributed by atoms with Crippen LogP contribution in [0.1, 0.15) is 35.6 Å². The average molecular weight is 278 g/mol. The van der Waals surface area contributed by atoms with Crippen LogP contribution in [0.3, 0.4) is 0 Å². The Kier molecular flexibility index (Phi) is 3.18. The lowest BCUT2D eigenvalue weighted by Gasteiger charge is -2.25. The first-order chi connectivity index (χ1) is 7.88. The highest BCUT2D eigenvalue weighted by Gasteiger charge is 2.25. The summed E-state index contributed by atoms with van der Waals surface area (Å²) in [7, 11) is 1.34. The summed E-state index contributed by atoms with van der Waals surface area (Å²) < 4.78 is 27.4. The van der Waals surface area contributed by atoms with Gasteiger partial charge in [0.25, 0.3) is 15.0 Å². The first-order valence-electron chi connectivity index (χ1n) is 5.24. The highest BCUT2D eigenvalue weighted by atomic mass is 35.7. The first kappa shape index (κ1) is 12.4. The SMILES string of the molecule is Cc1oc(C(=O)NC2CCC2)cc1S(=O)(=O)Cl. The van der Waals surface area contributed by atoms with Crippen LogP contribution in [0.15, 0.2) is 15.4 Å². The lowest BCUT2D eigenvalue weighted by Crippen LogP contribution is -2.39. The van der Waals surface area contributed by atoms with E-state index in [-0.39, 0.29) is 22.5 Å². The third-order valence-corrected chi connectivity index (χ3v) is 4.23. The summed E-state index contributed by atoms with van der Waals surface area (Å²) in [6, 6.07) is 1.33. The van der Waals surface area contributed by atoms with Gasteiger partial charge in [0.1, 0.15) is 10.7 Å². The Labute approximate surface area is 104 Å². The van der Waals surface area contributed by atoms with Gasteiger partial charge in [0.15, 0.2) is 5.76 Å². The zero-order chi connectivity index (χ0) is 12.6. The van der Waals surface area contributed by atoms with Gasteiger partial charge in [-0.05, 0) is 26.2 Å². The molecule has 2 rings (SSSR count). The largest absolute Gasteiger partial charge is 0.455 e. The van der Waals surface area contributed by atoms with E-state index in [1.165, 1.54) is 6.92 Å². The summed E-state index contributed by atoms with van der Waals surface area (Å²) in [4.78, 5) is 11.5. The van der Waals surface area contributed by atoms with Crippen molar-refractivity contribution in [2.75, 3.05) is 0 Å². The summed E-state index contributed by atoms with van der Waals surface area (Å²) in [6.07, 6.45) is 3.00. The molecular formula is C10H12ClNO4S. The smallest absolute Gasteiger partial charge is 0.287 e. The second-order valence-corrected chi connectivity index (χ2v) is 6.60. The third kappa shape index (κ3) is 2.63. The van der Waals surface area contributed by atoms with E-state index in [2.05, 4.69) is 5.32 Å². The molecule has 1 amide bonds. The molecule has 94 valence electrons. The van der Waals surface area contributed by atoms with Gasteiger partial charge >= 0.3 is 0 Å². The standard InChI is InChI=1S/C10H12ClNO4S/c1-6-9(17(11,14)15)5-8(16-6)10(13)12-7-3-2-4-7/h5,7H,2-4H2,1H3,(H,12,13). The van der Waals surface area contributed by atoms with Gasteiger partial charge in [-0.1, -0.05) is 0 Å². The van der Waals surface area contributed by atoms with Crippen molar-refractivity contribution in [2.24, 2.45) is 0 Å². The number of halogens is 1. The Bertz CT molecular complexity index is 545. The molecule has 17 heavy (non-hydrogen) atoms. The fraction of sp³-hybridized carbons (Fsp3) is 0.500. The van der Waals surface area contributed by atoms with Crippen molar-refractivity contribution in [1.29, 1.82) is 0 Å². The minimum absolute atomic E-state index is 0.0198. The lowest BCUT2D eigenvalue weighted by atomic mass is 9.93. The van der Waals surface area contributed by atoms with E-state index >= 15 is 0 Å². The van der Waals surface area contributed by atoms with Gasteiger partial charge in [-0.2, -0.15) is 0 Å². The second kappa shape index (κ2) is 4.34. The quantitative estimate of drug-likeness (QED) is 0.855. The van der Waals surface area contributed by atoms with E-state index in [4.69, 9.17) is 15.1 Å². The number of hydrogen-bond donors (Lipinski definition) is 1. The van der Waals surface area contributed by atoms with Gasteiger partial charge in [0, 0.05) is 22.8 Å². The minimum atomic E-state index is -3.87. The maximum atomic E-state index is 11.7. The van der Waals surface area contributed by atoms with Crippen molar-refractivity contribution < 1.29 is 17.6 Å². The molecule has 0 saturated heterocycles. The van der Waals surface area contributed by atoms with Crippen LogP contribution in [0.5, 0.6) is 0 Å². The molecule has 0 aromatic carbocycles. The first-order valence-corrected chi connectivity index (χ1v) is 7.55. The Morgan fingerprint density at radius 3 is 2.59 bits per heavy atom. The van der Waals surface area contributed by atoms with Gasteiger partial charge in [-0.15, -0.1) is 0 Å². The summed E-state index contributed by atoms with van der Waals surface area (Å²) in [6.45, 7) is 1.45. The number of aryl methyl sites for hydroxylation is 1. The fourth-order valence-corrected chi connectivity index (χ4v) is 2.72. The molecule has 0 aliphatic heterocycles. The Morgan fingerprint density at radius 2 is 2.18 bits per heavy atom. The molecule has 1 aliphatic rings. The lowest BCUT2D eigenvalue weighted by molar-refractivity contribution is 0.0887. The summed E-state index contributed by atoms with van der Waals surface area (Å²) >= 11 is 0. The van der Waals surface area contributed by atoms with Crippen LogP contribution in [-0.4, -0.2) is 20.4 Å². The average Bonchev–Trinajstić information content (AvgIpc) is 2.53. The molecule has 0 bridgehead atoms. The molecular weight excluding hydrogens is 266 g/mol. The van der Waals surface area contributed by atoms with E-state index in [0.29, 0.717) is 0 Å². The van der Waals surface area contributed by atoms with Gasteiger partial charge in [0.2, 0.25) is 0 Å². The van der Waals surface area contributed by atoms with Crippen LogP contribution < -0.4 is 5.32 Å². The molecule has 1 saturated carbocycles. The molecule has 1 N–H and O–H groups in total. The monoisotopic (exact) mass is 277 g/mol. The predicted octanol–water partition coefficient (Wildman–Crippen LogP) is 1.80. The van der Waals surface area contributed by atoms with Crippen LogP contribution in [0.2, 0.25) is 0 Å². The van der Waals surface area contributed by atoms with E-state index in [1.54, 1.807) is 0 Å². The Balaban J connectivity index is 2.19. The number of rotatable bonds is 3. The highest BCUT2D eigenvalue weighted by molar-refractivity contribution is 8.13. The molecule has 1 aromatic heterocycles. The zero-order valence-corrected chi connectivity index (χ0v) is 10.8. The van der Waals surface area contributed by atoms with Gasteiger partial charge in [-0.25, -0.2) is 8.42 Å². The maximum Gasteiger partial charge on any atom is 0.287 e. The van der Waals surface area contributed by atoms with Gasteiger partial charge in [0.05, 0.1) is 0 Å². The van der Waals surface area contributed by atoms with E-state index in [0.717, 1.165) is 25.3 Å². The molecule has 1 aliphatic carbocycles. The molecule has 0 unspecified atom stereocenters. The molecule has 0 atom stereocenters. The normalized spacial score (nSPS) is 16.6. The number of carbonyl (C=O) groups is 1. The number of carbonyl (C=O) groups excluding carboxylic acids is 1. The predicted molar refractivity (Wildman–Crippen MR) is 61.6 cm³/mol. The topological polar surface area (TPSA) is 76.4 Å². The molecule has 0 spiro atoms. The number of furan rings is 1. The van der Waals surface area contributed by atoms with Crippen molar-refractivity contribution in [2.45, 2.75) is 37.1 Å². The molecule has 5 nitrogen and oxygen atoms in total. The van der Waals surface area contributed by atoms with Crippen LogP contribution in [0.25, 0.3) is 0 Å². The summed E-state index contributed by atoms with van der Waals surface area (Å²) in [5.41, 5.74) is 0. The van der Waals surface area contributed by atoms with E-state index in [1.807, 2.05) is 0 Å². The zero-order valence-electron chi connectivity index (χ0n) is 9.20. The van der Waals surface area contributed by atoms with Crippen LogP contribution in [-0.2, 0) is 9.05 Å². The highest BCUT2D eigenvalue weighted by Crippen LogP contribution is 2.24. The van der Waals surface area contributed by atoms with Gasteiger partial charge < -0.3 is 9.73 Å². The van der Waals surface area contributed by atoms with Crippen molar-refractivity contribution >= 4 is 25.6 Å². The van der Waals surface area contributed by atoms with Crippen molar-refractivity contribution in [1.82, 2.24) is 5.32 Å². The number of amides is 1. The molecule has 0 radical (unpaired) electrons. The Hall–Kier alpha value is -1.01. The van der Waals surface area contributed by atoms with Crippen LogP contribution in [0.4, 0.5) is 0 Å². The molecule has 7 heteroatoms. The minimum Gasteiger partial charge on any atom is -0.455 e. The molecule has 1 fully saturated rings. The van der Waals surface area contributed by atoms with Crippen molar-refractivity contribution in [3.63, 3.8) is 0 Å². The second-order valence-electron chi connectivity index (χ2n) is 4.07. The van der Waals surface area contributed by atoms with E-state index in [9.17, 15) is 13.2 Å². The summed E-state index contributed by atoms with van der Waals surface area (Å²) in [5.74, 6) is -0.295. The number of hydrogen-bond acceptors (Lipinski definition) is 4. The van der Waals surface area contributed by atoms with Crippen molar-refractivity contribution in [3.05, 3.63) is 17.6 Å². The van der Waals surface area contributed by atoms with E-state index < -0.39 is 15.0 Å². The third-order valence-electron chi connectivity index (χ3n) is 2.80. The summed E-state index contributed by atoms with van der Waals surface area (Å²) in [5, 5.41) is 2.75. The van der Waals surface area contributed by atoms with Crippen molar-refractivity contribution in [3.8, 4) is 0 Å². The number of nitrogens with one attached hydrogen (secondary N) is 1. The molecule has 1 heterocycles. The maximum absolute atomic E-state index is 11.7. The fourth-order valence-electron chi connectivity index (χ4n) is 1.63. The Morgan fingerprint density at radius 1 is 1.53 bits per heavy atom. The van der Waals surface area contributed by atoms with Crippen LogP contribution >= 0.6 is 10.7 Å². The van der Waals surface area contributed by atoms with Crippen LogP contribution in [0, 0.1) is 6.92 Å². The van der Waals surface area contributed by atoms with Gasteiger partial charge in [-0.3, -0.25) is 4.79 Å².